The Morgan fingerprint density at radius 3 is 2.83 bits per heavy atom. The summed E-state index contributed by atoms with van der Waals surface area (Å²) in [4.78, 5) is 15.5. The number of amides is 1. The van der Waals surface area contributed by atoms with Gasteiger partial charge in [0.2, 0.25) is 6.41 Å². The fourth-order valence-electron chi connectivity index (χ4n) is 3.04. The fraction of sp³-hybridized carbons (Fsp3) is 0.286. The summed E-state index contributed by atoms with van der Waals surface area (Å²) in [6.07, 6.45) is 8.62. The van der Waals surface area contributed by atoms with Crippen molar-refractivity contribution in [1.82, 2.24) is 15.2 Å². The van der Waals surface area contributed by atoms with Crippen molar-refractivity contribution in [2.45, 2.75) is 31.1 Å². The second kappa shape index (κ2) is 9.01. The Morgan fingerprint density at radius 2 is 2.17 bits per heavy atom. The number of fused-ring (bicyclic) bond motifs is 2. The van der Waals surface area contributed by atoms with E-state index in [9.17, 15) is 4.79 Å². The molecule has 0 radical (unpaired) electrons. The average Bonchev–Trinajstić information content (AvgIpc) is 3.46. The number of carbonyl (C=O) groups excluding carboxylic acids is 1. The molecule has 0 aliphatic heterocycles. The smallest absolute Gasteiger partial charge is 0.213 e. The number of thioether (sulfide) groups is 1. The number of hydrogen-bond donors (Lipinski definition) is 2. The molecule has 4 aromatic rings. The van der Waals surface area contributed by atoms with Crippen LogP contribution < -0.4 is 10.1 Å². The molecule has 0 spiro atoms. The minimum atomic E-state index is -0.399. The summed E-state index contributed by atoms with van der Waals surface area (Å²) < 4.78 is 21.6. The van der Waals surface area contributed by atoms with Gasteiger partial charge in [-0.1, -0.05) is 36.7 Å². The van der Waals surface area contributed by atoms with E-state index in [1.54, 1.807) is 6.20 Å². The highest BCUT2D eigenvalue weighted by Gasteiger charge is 2.23. The molecule has 0 bridgehead atoms. The Hall–Kier alpha value is -2.65. The zero-order valence-corrected chi connectivity index (χ0v) is 18.3. The van der Waals surface area contributed by atoms with Crippen molar-refractivity contribution in [2.75, 3.05) is 18.2 Å². The number of aromatic amines is 1. The Kier molecular flexibility index (Phi) is 6.19. The number of anilines is 1. The van der Waals surface area contributed by atoms with Gasteiger partial charge in [0.05, 0.1) is 27.9 Å². The molecule has 5 rings (SSSR count). The van der Waals surface area contributed by atoms with Crippen LogP contribution in [-0.4, -0.2) is 34.5 Å². The minimum Gasteiger partial charge on any atom is -0.489 e. The Morgan fingerprint density at radius 1 is 1.37 bits per heavy atom. The molecule has 0 unspecified atom stereocenters. The van der Waals surface area contributed by atoms with Gasteiger partial charge in [0.1, 0.15) is 5.52 Å². The number of hydrogen-bond acceptors (Lipinski definition) is 6. The van der Waals surface area contributed by atoms with Crippen LogP contribution in [0.4, 0.5) is 9.52 Å². The van der Waals surface area contributed by atoms with E-state index in [1.165, 1.54) is 42.4 Å². The quantitative estimate of drug-likeness (QED) is 0.289. The molecule has 1 aliphatic rings. The summed E-state index contributed by atoms with van der Waals surface area (Å²) in [6.45, 7) is 2.18. The first-order chi connectivity index (χ1) is 14.7. The third-order valence-corrected chi connectivity index (χ3v) is 6.21. The lowest BCUT2D eigenvalue weighted by Crippen LogP contribution is -1.99. The van der Waals surface area contributed by atoms with E-state index < -0.39 is 5.82 Å². The van der Waals surface area contributed by atoms with E-state index in [0.717, 1.165) is 26.7 Å². The van der Waals surface area contributed by atoms with Crippen LogP contribution in [-0.2, 0) is 4.79 Å². The van der Waals surface area contributed by atoms with Crippen LogP contribution in [0.5, 0.6) is 5.75 Å². The molecule has 0 saturated heterocycles. The molecular formula is C21H21FN4O2S2. The highest BCUT2D eigenvalue weighted by molar-refractivity contribution is 7.98. The van der Waals surface area contributed by atoms with Crippen molar-refractivity contribution >= 4 is 55.8 Å². The number of carbonyl (C=O) groups is 1. The van der Waals surface area contributed by atoms with E-state index in [4.69, 9.17) is 4.74 Å². The molecule has 1 amide bonds. The van der Waals surface area contributed by atoms with Crippen molar-refractivity contribution in [2.24, 2.45) is 0 Å². The maximum absolute atomic E-state index is 15.2. The van der Waals surface area contributed by atoms with E-state index in [1.807, 2.05) is 31.4 Å². The Labute approximate surface area is 181 Å². The summed E-state index contributed by atoms with van der Waals surface area (Å²) in [5, 5.41) is 10.8. The van der Waals surface area contributed by atoms with Gasteiger partial charge in [-0.2, -0.15) is 5.10 Å². The van der Waals surface area contributed by atoms with Gasteiger partial charge in [-0.05, 0) is 30.9 Å². The lowest BCUT2D eigenvalue weighted by Gasteiger charge is -2.15. The monoisotopic (exact) mass is 444 g/mol. The maximum atomic E-state index is 15.2. The lowest BCUT2D eigenvalue weighted by molar-refractivity contribution is -0.105. The van der Waals surface area contributed by atoms with Crippen LogP contribution in [0.2, 0.25) is 0 Å². The van der Waals surface area contributed by atoms with E-state index in [2.05, 4.69) is 20.5 Å². The SMILES string of the molecule is C1CC1.CCOc1c(F)c(SC)c(-c2ccc3nc(NC=O)sc3c2)c2cn[nH]c12. The van der Waals surface area contributed by atoms with Crippen LogP contribution in [0.1, 0.15) is 26.2 Å². The van der Waals surface area contributed by atoms with Gasteiger partial charge in [0, 0.05) is 10.9 Å². The lowest BCUT2D eigenvalue weighted by atomic mass is 10.0. The molecule has 0 atom stereocenters. The molecule has 2 heterocycles. The number of halogens is 1. The largest absolute Gasteiger partial charge is 0.489 e. The van der Waals surface area contributed by atoms with Gasteiger partial charge in [-0.25, -0.2) is 9.37 Å². The second-order valence-electron chi connectivity index (χ2n) is 6.67. The van der Waals surface area contributed by atoms with E-state index in [-0.39, 0.29) is 5.75 Å². The van der Waals surface area contributed by atoms with Crippen molar-refractivity contribution < 1.29 is 13.9 Å². The summed E-state index contributed by atoms with van der Waals surface area (Å²) in [7, 11) is 0. The summed E-state index contributed by atoms with van der Waals surface area (Å²) in [5.74, 6) is -0.210. The van der Waals surface area contributed by atoms with E-state index in [0.29, 0.717) is 28.6 Å². The van der Waals surface area contributed by atoms with Gasteiger partial charge in [-0.15, -0.1) is 11.8 Å². The molecule has 2 aromatic carbocycles. The second-order valence-corrected chi connectivity index (χ2v) is 8.51. The summed E-state index contributed by atoms with van der Waals surface area (Å²) >= 11 is 2.69. The molecule has 1 aliphatic carbocycles. The van der Waals surface area contributed by atoms with Gasteiger partial charge in [0.25, 0.3) is 0 Å². The molecule has 2 aromatic heterocycles. The predicted molar refractivity (Wildman–Crippen MR) is 121 cm³/mol. The van der Waals surface area contributed by atoms with Crippen LogP contribution in [0, 0.1) is 5.82 Å². The first kappa shape index (κ1) is 20.6. The Balaban J connectivity index is 0.000000667. The summed E-state index contributed by atoms with van der Waals surface area (Å²) in [6, 6.07) is 5.71. The third-order valence-electron chi connectivity index (χ3n) is 4.47. The molecule has 6 nitrogen and oxygen atoms in total. The highest BCUT2D eigenvalue weighted by Crippen LogP contribution is 2.44. The topological polar surface area (TPSA) is 79.9 Å². The molecule has 1 saturated carbocycles. The number of rotatable bonds is 6. The molecule has 156 valence electrons. The number of nitrogens with one attached hydrogen (secondary N) is 2. The third kappa shape index (κ3) is 3.99. The number of thiazole rings is 1. The van der Waals surface area contributed by atoms with Crippen LogP contribution in [0.25, 0.3) is 32.2 Å². The normalized spacial score (nSPS) is 12.5. The molecule has 30 heavy (non-hydrogen) atoms. The molecular weight excluding hydrogens is 423 g/mol. The number of ether oxygens (including phenoxy) is 1. The fourth-order valence-corrected chi connectivity index (χ4v) is 4.61. The van der Waals surface area contributed by atoms with Gasteiger partial charge in [0.15, 0.2) is 16.7 Å². The number of benzene rings is 2. The number of nitrogens with zero attached hydrogens (tertiary/aromatic N) is 2. The molecule has 2 N–H and O–H groups in total. The average molecular weight is 445 g/mol. The zero-order valence-electron chi connectivity index (χ0n) is 16.6. The standard InChI is InChI=1S/C18H15FN4O2S2.C3H6/c1-3-25-16-14(19)17(26-2)13(10-7-21-23-15(10)16)9-4-5-11-12(6-9)27-18(22-11)20-8-24;1-2-3-1/h4-8H,3H2,1-2H3,(H,21,23)(H,20,22,24);1-3H2. The first-order valence-corrected chi connectivity index (χ1v) is 11.7. The molecule has 1 fully saturated rings. The van der Waals surface area contributed by atoms with Crippen molar-refractivity contribution in [3.8, 4) is 16.9 Å². The van der Waals surface area contributed by atoms with Crippen molar-refractivity contribution in [3.05, 3.63) is 30.2 Å². The minimum absolute atomic E-state index is 0.189. The van der Waals surface area contributed by atoms with Gasteiger partial charge < -0.3 is 10.1 Å². The summed E-state index contributed by atoms with van der Waals surface area (Å²) in [5.41, 5.74) is 2.91. The maximum Gasteiger partial charge on any atom is 0.213 e. The highest BCUT2D eigenvalue weighted by atomic mass is 32.2. The van der Waals surface area contributed by atoms with Crippen LogP contribution in [0.15, 0.2) is 29.3 Å². The number of H-pyrrole nitrogens is 1. The van der Waals surface area contributed by atoms with E-state index >= 15 is 4.39 Å². The van der Waals surface area contributed by atoms with Gasteiger partial charge >= 0.3 is 0 Å². The van der Waals surface area contributed by atoms with Crippen LogP contribution >= 0.6 is 23.1 Å². The Bertz CT molecular complexity index is 1200. The number of aromatic nitrogens is 3. The van der Waals surface area contributed by atoms with Gasteiger partial charge in [-0.3, -0.25) is 9.89 Å². The van der Waals surface area contributed by atoms with Crippen molar-refractivity contribution in [3.63, 3.8) is 0 Å². The molecule has 9 heteroatoms. The van der Waals surface area contributed by atoms with Crippen molar-refractivity contribution in [1.29, 1.82) is 0 Å². The predicted octanol–water partition coefficient (Wildman–Crippen LogP) is 5.84. The van der Waals surface area contributed by atoms with Crippen LogP contribution in [0.3, 0.4) is 0 Å². The zero-order chi connectivity index (χ0) is 21.1. The first-order valence-electron chi connectivity index (χ1n) is 9.64.